The van der Waals surface area contributed by atoms with Gasteiger partial charge in [-0.3, -0.25) is 10.1 Å². The Morgan fingerprint density at radius 2 is 2.06 bits per heavy atom. The molecule has 0 saturated heterocycles. The topological polar surface area (TPSA) is 83.6 Å². The van der Waals surface area contributed by atoms with Crippen LogP contribution in [0.15, 0.2) is 42.7 Å². The highest BCUT2D eigenvalue weighted by molar-refractivity contribution is 6.03. The number of amides is 1. The minimum absolute atomic E-state index is 0.301. The number of anilines is 1. The quantitative estimate of drug-likeness (QED) is 0.711. The van der Waals surface area contributed by atoms with Crippen LogP contribution < -0.4 is 5.32 Å². The lowest BCUT2D eigenvalue weighted by Crippen LogP contribution is -2.14. The van der Waals surface area contributed by atoms with Crippen LogP contribution >= 0.6 is 0 Å². The Labute approximate surface area is 102 Å². The van der Waals surface area contributed by atoms with Crippen LogP contribution in [0.25, 0.3) is 10.9 Å². The SMILES string of the molecule is O=C(Nc1ncn[nH]1)c1ccc2ccccc2n1. The third kappa shape index (κ3) is 1.91. The molecule has 18 heavy (non-hydrogen) atoms. The van der Waals surface area contributed by atoms with Gasteiger partial charge in [0.2, 0.25) is 5.95 Å². The van der Waals surface area contributed by atoms with Gasteiger partial charge in [-0.1, -0.05) is 24.3 Å². The molecule has 6 nitrogen and oxygen atoms in total. The number of aromatic nitrogens is 4. The monoisotopic (exact) mass is 239 g/mol. The number of hydrogen-bond donors (Lipinski definition) is 2. The van der Waals surface area contributed by atoms with Crippen molar-refractivity contribution in [3.05, 3.63) is 48.4 Å². The predicted octanol–water partition coefficient (Wildman–Crippen LogP) is 1.61. The van der Waals surface area contributed by atoms with Gasteiger partial charge in [0, 0.05) is 5.39 Å². The van der Waals surface area contributed by atoms with Gasteiger partial charge in [0.05, 0.1) is 5.52 Å². The minimum Gasteiger partial charge on any atom is -0.289 e. The number of carbonyl (C=O) groups is 1. The van der Waals surface area contributed by atoms with Gasteiger partial charge < -0.3 is 0 Å². The highest BCUT2D eigenvalue weighted by atomic mass is 16.2. The molecule has 0 aliphatic rings. The summed E-state index contributed by atoms with van der Waals surface area (Å²) in [5.74, 6) is -0.0209. The Morgan fingerprint density at radius 1 is 1.17 bits per heavy atom. The van der Waals surface area contributed by atoms with Gasteiger partial charge >= 0.3 is 0 Å². The summed E-state index contributed by atoms with van der Waals surface area (Å²) < 4.78 is 0. The highest BCUT2D eigenvalue weighted by Crippen LogP contribution is 2.12. The molecular weight excluding hydrogens is 230 g/mol. The number of carbonyl (C=O) groups excluding carboxylic acids is 1. The molecule has 0 spiro atoms. The average molecular weight is 239 g/mol. The van der Waals surface area contributed by atoms with Crippen LogP contribution in [-0.4, -0.2) is 26.1 Å². The summed E-state index contributed by atoms with van der Waals surface area (Å²) in [5.41, 5.74) is 1.12. The van der Waals surface area contributed by atoms with E-state index in [-0.39, 0.29) is 5.91 Å². The predicted molar refractivity (Wildman–Crippen MR) is 66.1 cm³/mol. The van der Waals surface area contributed by atoms with Crippen molar-refractivity contribution in [2.24, 2.45) is 0 Å². The number of rotatable bonds is 2. The average Bonchev–Trinajstić information content (AvgIpc) is 2.91. The molecule has 6 heteroatoms. The van der Waals surface area contributed by atoms with Crippen molar-refractivity contribution in [1.82, 2.24) is 20.2 Å². The Hall–Kier alpha value is -2.76. The number of hydrogen-bond acceptors (Lipinski definition) is 4. The molecule has 0 bridgehead atoms. The zero-order chi connectivity index (χ0) is 12.4. The Balaban J connectivity index is 1.92. The molecule has 0 fully saturated rings. The number of fused-ring (bicyclic) bond motifs is 1. The Bertz CT molecular complexity index is 693. The molecular formula is C12H9N5O. The summed E-state index contributed by atoms with van der Waals surface area (Å²) in [6.07, 6.45) is 1.32. The van der Waals surface area contributed by atoms with Gasteiger partial charge in [-0.05, 0) is 12.1 Å². The Morgan fingerprint density at radius 3 is 2.89 bits per heavy atom. The van der Waals surface area contributed by atoms with Gasteiger partial charge in [0.1, 0.15) is 12.0 Å². The summed E-state index contributed by atoms with van der Waals surface area (Å²) in [6.45, 7) is 0. The number of nitrogens with one attached hydrogen (secondary N) is 2. The van der Waals surface area contributed by atoms with Gasteiger partial charge in [0.15, 0.2) is 0 Å². The van der Waals surface area contributed by atoms with Crippen LogP contribution in [0.1, 0.15) is 10.5 Å². The first-order valence-electron chi connectivity index (χ1n) is 5.35. The van der Waals surface area contributed by atoms with Crippen LogP contribution in [0.3, 0.4) is 0 Å². The molecule has 2 aromatic heterocycles. The maximum Gasteiger partial charge on any atom is 0.276 e. The second-order valence-corrected chi connectivity index (χ2v) is 3.68. The molecule has 0 radical (unpaired) electrons. The van der Waals surface area contributed by atoms with Crippen LogP contribution in [-0.2, 0) is 0 Å². The number of aromatic amines is 1. The lowest BCUT2D eigenvalue weighted by atomic mass is 10.2. The van der Waals surface area contributed by atoms with Crippen molar-refractivity contribution in [2.75, 3.05) is 5.32 Å². The Kier molecular flexibility index (Phi) is 2.45. The first-order valence-corrected chi connectivity index (χ1v) is 5.35. The maximum absolute atomic E-state index is 11.9. The van der Waals surface area contributed by atoms with Crippen molar-refractivity contribution in [1.29, 1.82) is 0 Å². The standard InChI is InChI=1S/C12H9N5O/c18-11(16-12-13-7-14-17-12)10-6-5-8-3-1-2-4-9(8)15-10/h1-7H,(H2,13,14,16,17,18). The molecule has 3 rings (SSSR count). The van der Waals surface area contributed by atoms with Crippen molar-refractivity contribution in [3.63, 3.8) is 0 Å². The fourth-order valence-electron chi connectivity index (χ4n) is 1.63. The lowest BCUT2D eigenvalue weighted by molar-refractivity contribution is 0.102. The summed E-state index contributed by atoms with van der Waals surface area (Å²) in [4.78, 5) is 20.0. The molecule has 3 aromatic rings. The van der Waals surface area contributed by atoms with E-state index >= 15 is 0 Å². The molecule has 0 aliphatic carbocycles. The van der Waals surface area contributed by atoms with Crippen molar-refractivity contribution < 1.29 is 4.79 Å². The third-order valence-corrected chi connectivity index (χ3v) is 2.48. The first-order chi connectivity index (χ1) is 8.83. The summed E-state index contributed by atoms with van der Waals surface area (Å²) in [5, 5.41) is 9.77. The van der Waals surface area contributed by atoms with Gasteiger partial charge in [0.25, 0.3) is 5.91 Å². The second-order valence-electron chi connectivity index (χ2n) is 3.68. The highest BCUT2D eigenvalue weighted by Gasteiger charge is 2.09. The van der Waals surface area contributed by atoms with Crippen molar-refractivity contribution >= 4 is 22.8 Å². The van der Waals surface area contributed by atoms with Crippen molar-refractivity contribution in [2.45, 2.75) is 0 Å². The van der Waals surface area contributed by atoms with E-state index in [0.717, 1.165) is 10.9 Å². The van der Waals surface area contributed by atoms with Crippen LogP contribution in [0, 0.1) is 0 Å². The third-order valence-electron chi connectivity index (χ3n) is 2.48. The van der Waals surface area contributed by atoms with E-state index in [2.05, 4.69) is 25.5 Å². The number of benzene rings is 1. The van der Waals surface area contributed by atoms with E-state index in [1.165, 1.54) is 6.33 Å². The van der Waals surface area contributed by atoms with E-state index in [1.807, 2.05) is 30.3 Å². The molecule has 0 unspecified atom stereocenters. The smallest absolute Gasteiger partial charge is 0.276 e. The fraction of sp³-hybridized carbons (Fsp3) is 0. The van der Waals surface area contributed by atoms with Gasteiger partial charge in [-0.25, -0.2) is 10.1 Å². The second kappa shape index (κ2) is 4.25. The van der Waals surface area contributed by atoms with Gasteiger partial charge in [-0.15, -0.1) is 0 Å². The minimum atomic E-state index is -0.322. The van der Waals surface area contributed by atoms with E-state index in [1.54, 1.807) is 6.07 Å². The van der Waals surface area contributed by atoms with E-state index < -0.39 is 0 Å². The lowest BCUT2D eigenvalue weighted by Gasteiger charge is -2.02. The van der Waals surface area contributed by atoms with Crippen LogP contribution in [0.2, 0.25) is 0 Å². The fourth-order valence-corrected chi connectivity index (χ4v) is 1.63. The first kappa shape index (κ1) is 10.4. The molecule has 1 amide bonds. The summed E-state index contributed by atoms with van der Waals surface area (Å²) in [6, 6.07) is 11.2. The largest absolute Gasteiger partial charge is 0.289 e. The molecule has 88 valence electrons. The molecule has 1 aromatic carbocycles. The number of pyridine rings is 1. The molecule has 0 aliphatic heterocycles. The van der Waals surface area contributed by atoms with E-state index in [4.69, 9.17) is 0 Å². The van der Waals surface area contributed by atoms with Crippen LogP contribution in [0.5, 0.6) is 0 Å². The summed E-state index contributed by atoms with van der Waals surface area (Å²) >= 11 is 0. The summed E-state index contributed by atoms with van der Waals surface area (Å²) in [7, 11) is 0. The van der Waals surface area contributed by atoms with Crippen molar-refractivity contribution in [3.8, 4) is 0 Å². The molecule has 0 atom stereocenters. The maximum atomic E-state index is 11.9. The molecule has 2 N–H and O–H groups in total. The number of H-pyrrole nitrogens is 1. The number of nitrogens with zero attached hydrogens (tertiary/aromatic N) is 3. The molecule has 2 heterocycles. The van der Waals surface area contributed by atoms with Gasteiger partial charge in [-0.2, -0.15) is 10.1 Å². The zero-order valence-electron chi connectivity index (χ0n) is 9.29. The van der Waals surface area contributed by atoms with E-state index in [0.29, 0.717) is 11.6 Å². The normalized spacial score (nSPS) is 10.4. The van der Waals surface area contributed by atoms with Crippen LogP contribution in [0.4, 0.5) is 5.95 Å². The molecule has 0 saturated carbocycles. The zero-order valence-corrected chi connectivity index (χ0v) is 9.29. The van der Waals surface area contributed by atoms with E-state index in [9.17, 15) is 4.79 Å². The number of para-hydroxylation sites is 1.